The minimum Gasteiger partial charge on any atom is -0.325 e. The lowest BCUT2D eigenvalue weighted by molar-refractivity contribution is -0.117. The van der Waals surface area contributed by atoms with Gasteiger partial charge < -0.3 is 5.32 Å². The van der Waals surface area contributed by atoms with Crippen LogP contribution in [0.1, 0.15) is 32.1 Å². The first-order valence-electron chi connectivity index (χ1n) is 7.37. The van der Waals surface area contributed by atoms with Crippen molar-refractivity contribution in [1.29, 1.82) is 0 Å². The molecule has 0 atom stereocenters. The minimum absolute atomic E-state index is 0.0608. The molecule has 0 radical (unpaired) electrons. The number of rotatable bonds is 5. The normalized spacial score (nSPS) is 16.4. The van der Waals surface area contributed by atoms with Gasteiger partial charge in [-0.2, -0.15) is 0 Å². The molecule has 0 spiro atoms. The zero-order valence-corrected chi connectivity index (χ0v) is 13.7. The molecule has 0 aromatic heterocycles. The molecule has 4 heteroatoms. The van der Waals surface area contributed by atoms with E-state index in [-0.39, 0.29) is 5.91 Å². The lowest BCUT2D eigenvalue weighted by Crippen LogP contribution is -2.34. The standard InChI is InChI=1S/C16H23BrN2O/c1-19(11-13-5-3-2-4-6-13)12-16(20)18-15-9-7-14(17)8-10-15/h7-10,13H,2-6,11-12H2,1H3,(H,18,20). The highest BCUT2D eigenvalue weighted by atomic mass is 79.9. The first-order valence-corrected chi connectivity index (χ1v) is 8.17. The number of nitrogens with zero attached hydrogens (tertiary/aromatic N) is 1. The number of likely N-dealkylation sites (N-methyl/N-ethyl adjacent to an activating group) is 1. The summed E-state index contributed by atoms with van der Waals surface area (Å²) in [5, 5.41) is 2.94. The second-order valence-corrected chi connectivity index (χ2v) is 6.67. The zero-order chi connectivity index (χ0) is 14.4. The van der Waals surface area contributed by atoms with Crippen LogP contribution in [0, 0.1) is 5.92 Å². The predicted molar refractivity (Wildman–Crippen MR) is 86.8 cm³/mol. The fraction of sp³-hybridized carbons (Fsp3) is 0.562. The van der Waals surface area contributed by atoms with Gasteiger partial charge in [-0.1, -0.05) is 35.2 Å². The van der Waals surface area contributed by atoms with Crippen molar-refractivity contribution < 1.29 is 4.79 Å². The summed E-state index contributed by atoms with van der Waals surface area (Å²) in [4.78, 5) is 14.1. The van der Waals surface area contributed by atoms with Crippen LogP contribution in [0.3, 0.4) is 0 Å². The number of carbonyl (C=O) groups is 1. The number of anilines is 1. The van der Waals surface area contributed by atoms with E-state index in [2.05, 4.69) is 26.1 Å². The Balaban J connectivity index is 1.74. The molecule has 1 fully saturated rings. The summed E-state index contributed by atoms with van der Waals surface area (Å²) in [6.45, 7) is 1.50. The van der Waals surface area contributed by atoms with Crippen molar-refractivity contribution in [1.82, 2.24) is 4.90 Å². The van der Waals surface area contributed by atoms with E-state index >= 15 is 0 Å². The molecule has 1 aliphatic carbocycles. The number of amides is 1. The Morgan fingerprint density at radius 1 is 1.25 bits per heavy atom. The summed E-state index contributed by atoms with van der Waals surface area (Å²) in [5.74, 6) is 0.833. The summed E-state index contributed by atoms with van der Waals surface area (Å²) < 4.78 is 1.02. The molecule has 1 aromatic rings. The van der Waals surface area contributed by atoms with E-state index < -0.39 is 0 Å². The molecule has 1 aliphatic rings. The Morgan fingerprint density at radius 3 is 2.55 bits per heavy atom. The van der Waals surface area contributed by atoms with E-state index in [1.807, 2.05) is 31.3 Å². The number of benzene rings is 1. The summed E-state index contributed by atoms with van der Waals surface area (Å²) in [6.07, 6.45) is 6.72. The smallest absolute Gasteiger partial charge is 0.238 e. The van der Waals surface area contributed by atoms with Crippen LogP contribution in [0.25, 0.3) is 0 Å². The Bertz CT molecular complexity index is 427. The van der Waals surface area contributed by atoms with Crippen molar-refractivity contribution >= 4 is 27.5 Å². The molecule has 1 saturated carbocycles. The quantitative estimate of drug-likeness (QED) is 0.882. The summed E-state index contributed by atoms with van der Waals surface area (Å²) in [5.41, 5.74) is 0.851. The second-order valence-electron chi connectivity index (χ2n) is 5.76. The van der Waals surface area contributed by atoms with Crippen molar-refractivity contribution in [2.45, 2.75) is 32.1 Å². The van der Waals surface area contributed by atoms with Crippen molar-refractivity contribution in [3.8, 4) is 0 Å². The van der Waals surface area contributed by atoms with Gasteiger partial charge >= 0.3 is 0 Å². The minimum atomic E-state index is 0.0608. The Morgan fingerprint density at radius 2 is 1.90 bits per heavy atom. The topological polar surface area (TPSA) is 32.3 Å². The summed E-state index contributed by atoms with van der Waals surface area (Å²) >= 11 is 3.39. The van der Waals surface area contributed by atoms with Gasteiger partial charge in [-0.15, -0.1) is 0 Å². The van der Waals surface area contributed by atoms with Gasteiger partial charge in [0.25, 0.3) is 0 Å². The fourth-order valence-electron chi connectivity index (χ4n) is 2.85. The molecule has 0 saturated heterocycles. The van der Waals surface area contributed by atoms with Gasteiger partial charge in [-0.05, 0) is 50.1 Å². The zero-order valence-electron chi connectivity index (χ0n) is 12.1. The van der Waals surface area contributed by atoms with Crippen LogP contribution in [0.4, 0.5) is 5.69 Å². The van der Waals surface area contributed by atoms with Crippen molar-refractivity contribution in [2.75, 3.05) is 25.5 Å². The average molecular weight is 339 g/mol. The Labute approximate surface area is 129 Å². The number of carbonyl (C=O) groups excluding carboxylic acids is 1. The molecule has 1 aromatic carbocycles. The third-order valence-corrected chi connectivity index (χ3v) is 4.36. The summed E-state index contributed by atoms with van der Waals surface area (Å²) in [7, 11) is 2.04. The number of hydrogen-bond acceptors (Lipinski definition) is 2. The largest absolute Gasteiger partial charge is 0.325 e. The molecular formula is C16H23BrN2O. The summed E-state index contributed by atoms with van der Waals surface area (Å²) in [6, 6.07) is 7.68. The third kappa shape index (κ3) is 5.25. The Kier molecular flexibility index (Phi) is 6.05. The van der Waals surface area contributed by atoms with Crippen molar-refractivity contribution in [3.05, 3.63) is 28.7 Å². The molecular weight excluding hydrogens is 316 g/mol. The molecule has 0 aliphatic heterocycles. The molecule has 1 amide bonds. The molecule has 3 nitrogen and oxygen atoms in total. The van der Waals surface area contributed by atoms with Crippen LogP contribution >= 0.6 is 15.9 Å². The van der Waals surface area contributed by atoms with E-state index in [1.165, 1.54) is 32.1 Å². The van der Waals surface area contributed by atoms with Crippen LogP contribution in [-0.4, -0.2) is 30.9 Å². The van der Waals surface area contributed by atoms with Gasteiger partial charge in [0, 0.05) is 16.7 Å². The fourth-order valence-corrected chi connectivity index (χ4v) is 3.12. The number of nitrogens with one attached hydrogen (secondary N) is 1. The number of halogens is 1. The number of hydrogen-bond donors (Lipinski definition) is 1. The van der Waals surface area contributed by atoms with E-state index in [0.29, 0.717) is 6.54 Å². The molecule has 0 heterocycles. The maximum absolute atomic E-state index is 12.0. The van der Waals surface area contributed by atoms with Crippen molar-refractivity contribution in [2.24, 2.45) is 5.92 Å². The SMILES string of the molecule is CN(CC(=O)Nc1ccc(Br)cc1)CC1CCCCC1. The van der Waals surface area contributed by atoms with Crippen LogP contribution in [0.15, 0.2) is 28.7 Å². The maximum atomic E-state index is 12.0. The molecule has 0 unspecified atom stereocenters. The van der Waals surface area contributed by atoms with Crippen molar-refractivity contribution in [3.63, 3.8) is 0 Å². The highest BCUT2D eigenvalue weighted by Crippen LogP contribution is 2.24. The molecule has 2 rings (SSSR count). The van der Waals surface area contributed by atoms with Crippen LogP contribution in [-0.2, 0) is 4.79 Å². The first-order chi connectivity index (χ1) is 9.63. The van der Waals surface area contributed by atoms with Gasteiger partial charge in [0.15, 0.2) is 0 Å². The maximum Gasteiger partial charge on any atom is 0.238 e. The predicted octanol–water partition coefficient (Wildman–Crippen LogP) is 3.90. The van der Waals surface area contributed by atoms with Crippen LogP contribution in [0.5, 0.6) is 0 Å². The van der Waals surface area contributed by atoms with E-state index in [9.17, 15) is 4.79 Å². The highest BCUT2D eigenvalue weighted by Gasteiger charge is 2.16. The molecule has 0 bridgehead atoms. The average Bonchev–Trinajstić information content (AvgIpc) is 2.42. The van der Waals surface area contributed by atoms with Crippen LogP contribution < -0.4 is 5.32 Å². The van der Waals surface area contributed by atoms with Gasteiger partial charge in [0.1, 0.15) is 0 Å². The van der Waals surface area contributed by atoms with E-state index in [0.717, 1.165) is 22.6 Å². The second kappa shape index (κ2) is 7.79. The highest BCUT2D eigenvalue weighted by molar-refractivity contribution is 9.10. The third-order valence-electron chi connectivity index (χ3n) is 3.84. The lowest BCUT2D eigenvalue weighted by atomic mass is 9.89. The van der Waals surface area contributed by atoms with Crippen LogP contribution in [0.2, 0.25) is 0 Å². The monoisotopic (exact) mass is 338 g/mol. The molecule has 1 N–H and O–H groups in total. The Hall–Kier alpha value is -0.870. The molecule has 20 heavy (non-hydrogen) atoms. The van der Waals surface area contributed by atoms with Gasteiger partial charge in [0.05, 0.1) is 6.54 Å². The van der Waals surface area contributed by atoms with Gasteiger partial charge in [-0.25, -0.2) is 0 Å². The van der Waals surface area contributed by atoms with E-state index in [1.54, 1.807) is 0 Å². The first kappa shape index (κ1) is 15.5. The lowest BCUT2D eigenvalue weighted by Gasteiger charge is -2.26. The van der Waals surface area contributed by atoms with Gasteiger partial charge in [0.2, 0.25) is 5.91 Å². The van der Waals surface area contributed by atoms with Gasteiger partial charge in [-0.3, -0.25) is 9.69 Å². The molecule has 110 valence electrons. The van der Waals surface area contributed by atoms with E-state index in [4.69, 9.17) is 0 Å².